The first kappa shape index (κ1) is 30.6. The van der Waals surface area contributed by atoms with E-state index in [9.17, 15) is 18.4 Å². The van der Waals surface area contributed by atoms with E-state index in [1.165, 1.54) is 24.3 Å². The Morgan fingerprint density at radius 2 is 1.22 bits per heavy atom. The maximum Gasteiger partial charge on any atom is 0.366 e. The van der Waals surface area contributed by atoms with Gasteiger partial charge in [-0.1, -0.05) is 24.3 Å². The number of halogens is 2. The standard InChI is InChI=1S/C20H20FN3O3.C14H9FN2O2/c1-14(23-10-12-26-13-11-23)24-19(16-6-8-22-9-7-16)18(20(25)27-24)15-2-4-17(21)5-3-15;15-11-3-1-9(2-4-11)12-13(17-19-14(12)18)10-5-7-16-8-6-10/h2-9,14H,10-13H2,1H3;1-8,17H. The van der Waals surface area contributed by atoms with E-state index in [1.807, 2.05) is 19.1 Å². The third-order valence-corrected chi connectivity index (χ3v) is 7.64. The molecule has 1 aliphatic heterocycles. The Labute approximate surface area is 261 Å². The molecule has 6 aromatic rings. The molecule has 1 atom stereocenters. The molecule has 1 saturated heterocycles. The maximum atomic E-state index is 13.4. The highest BCUT2D eigenvalue weighted by atomic mass is 19.1. The summed E-state index contributed by atoms with van der Waals surface area (Å²) in [5.74, 6) is -0.705. The molecule has 4 aromatic heterocycles. The SMILES string of the molecule is CC(N1CCOCC1)n1oc(=O)c(-c2ccc(F)cc2)c1-c1ccncc1.O=c1o[nH]c(-c2ccncc2)c1-c1ccc(F)cc1. The van der Waals surface area contributed by atoms with Crippen molar-refractivity contribution < 1.29 is 22.6 Å². The maximum absolute atomic E-state index is 13.4. The Bertz CT molecular complexity index is 2000. The number of H-pyrrole nitrogens is 1. The number of pyridine rings is 2. The molecule has 0 saturated carbocycles. The van der Waals surface area contributed by atoms with Crippen LogP contribution in [0.1, 0.15) is 13.1 Å². The Morgan fingerprint density at radius 1 is 0.696 bits per heavy atom. The smallest absolute Gasteiger partial charge is 0.366 e. The highest BCUT2D eigenvalue weighted by Crippen LogP contribution is 2.33. The molecule has 0 radical (unpaired) electrons. The van der Waals surface area contributed by atoms with E-state index in [0.29, 0.717) is 46.9 Å². The van der Waals surface area contributed by atoms with Crippen molar-refractivity contribution in [3.8, 4) is 44.8 Å². The fourth-order valence-corrected chi connectivity index (χ4v) is 5.30. The molecule has 46 heavy (non-hydrogen) atoms. The summed E-state index contributed by atoms with van der Waals surface area (Å²) in [7, 11) is 0. The summed E-state index contributed by atoms with van der Waals surface area (Å²) in [6, 6.07) is 18.7. The fraction of sp³-hybridized carbons (Fsp3) is 0.176. The molecule has 0 amide bonds. The van der Waals surface area contributed by atoms with Crippen LogP contribution < -0.4 is 11.3 Å². The summed E-state index contributed by atoms with van der Waals surface area (Å²) in [6.45, 7) is 4.79. The predicted molar refractivity (Wildman–Crippen MR) is 167 cm³/mol. The van der Waals surface area contributed by atoms with Crippen molar-refractivity contribution in [3.63, 3.8) is 0 Å². The second-order valence-electron chi connectivity index (χ2n) is 10.4. The van der Waals surface area contributed by atoms with Gasteiger partial charge in [-0.15, -0.1) is 0 Å². The molecule has 7 rings (SSSR count). The molecule has 0 aliphatic carbocycles. The number of aromatic amines is 1. The van der Waals surface area contributed by atoms with Gasteiger partial charge in [-0.25, -0.2) is 23.5 Å². The molecular weight excluding hydrogens is 596 g/mol. The van der Waals surface area contributed by atoms with Crippen LogP contribution in [0.3, 0.4) is 0 Å². The number of nitrogens with one attached hydrogen (secondary N) is 1. The Hall–Kier alpha value is -5.46. The minimum absolute atomic E-state index is 0.168. The average Bonchev–Trinajstić information content (AvgIpc) is 3.66. The molecule has 0 bridgehead atoms. The molecule has 0 spiro atoms. The number of nitrogens with zero attached hydrogens (tertiary/aromatic N) is 4. The Morgan fingerprint density at radius 3 is 1.78 bits per heavy atom. The number of hydrogen-bond donors (Lipinski definition) is 1. The molecule has 12 heteroatoms. The summed E-state index contributed by atoms with van der Waals surface area (Å²) in [5, 5.41) is 2.59. The minimum atomic E-state index is -0.488. The van der Waals surface area contributed by atoms with Gasteiger partial charge in [0.2, 0.25) is 0 Å². The Kier molecular flexibility index (Phi) is 9.08. The highest BCUT2D eigenvalue weighted by Gasteiger charge is 2.27. The van der Waals surface area contributed by atoms with Gasteiger partial charge in [-0.05, 0) is 66.6 Å². The number of morpholine rings is 1. The quantitative estimate of drug-likeness (QED) is 0.240. The monoisotopic (exact) mass is 625 g/mol. The van der Waals surface area contributed by atoms with Crippen LogP contribution in [0.15, 0.2) is 116 Å². The first-order chi connectivity index (χ1) is 22.4. The lowest BCUT2D eigenvalue weighted by atomic mass is 10.0. The van der Waals surface area contributed by atoms with Crippen LogP contribution in [-0.4, -0.2) is 51.1 Å². The number of hydrogen-bond acceptors (Lipinski definition) is 8. The summed E-state index contributed by atoms with van der Waals surface area (Å²) >= 11 is 0. The van der Waals surface area contributed by atoms with Gasteiger partial charge in [0, 0.05) is 49.0 Å². The average molecular weight is 626 g/mol. The topological polar surface area (TPSA) is 119 Å². The second kappa shape index (κ2) is 13.7. The van der Waals surface area contributed by atoms with E-state index < -0.39 is 11.3 Å². The normalized spacial score (nSPS) is 14.0. The van der Waals surface area contributed by atoms with E-state index in [2.05, 4.69) is 20.0 Å². The molecule has 1 N–H and O–H groups in total. The number of rotatable bonds is 6. The van der Waals surface area contributed by atoms with Crippen molar-refractivity contribution in [1.82, 2.24) is 24.8 Å². The van der Waals surface area contributed by atoms with E-state index in [0.717, 1.165) is 24.2 Å². The van der Waals surface area contributed by atoms with Crippen molar-refractivity contribution in [1.29, 1.82) is 0 Å². The summed E-state index contributed by atoms with van der Waals surface area (Å²) in [4.78, 5) is 34.7. The van der Waals surface area contributed by atoms with Gasteiger partial charge in [0.25, 0.3) is 0 Å². The van der Waals surface area contributed by atoms with E-state index >= 15 is 0 Å². The zero-order valence-corrected chi connectivity index (χ0v) is 24.7. The third kappa shape index (κ3) is 6.48. The molecule has 234 valence electrons. The molecule has 1 aliphatic rings. The van der Waals surface area contributed by atoms with Crippen LogP contribution in [0, 0.1) is 11.6 Å². The molecule has 1 fully saturated rings. The lowest BCUT2D eigenvalue weighted by Crippen LogP contribution is -2.40. The number of aromatic nitrogens is 4. The van der Waals surface area contributed by atoms with Gasteiger partial charge in [-0.2, -0.15) is 4.74 Å². The number of ether oxygens (including phenoxy) is 1. The lowest BCUT2D eigenvalue weighted by Gasteiger charge is -2.32. The van der Waals surface area contributed by atoms with Gasteiger partial charge >= 0.3 is 11.3 Å². The minimum Gasteiger partial charge on any atom is -0.379 e. The lowest BCUT2D eigenvalue weighted by molar-refractivity contribution is -0.0181. The third-order valence-electron chi connectivity index (χ3n) is 7.64. The van der Waals surface area contributed by atoms with Crippen LogP contribution in [0.5, 0.6) is 0 Å². The van der Waals surface area contributed by atoms with Gasteiger partial charge in [0.05, 0.1) is 35.7 Å². The van der Waals surface area contributed by atoms with Gasteiger partial charge in [0.15, 0.2) is 0 Å². The van der Waals surface area contributed by atoms with Crippen LogP contribution in [0.2, 0.25) is 0 Å². The zero-order valence-electron chi connectivity index (χ0n) is 24.7. The van der Waals surface area contributed by atoms with Gasteiger partial charge in [0.1, 0.15) is 17.8 Å². The zero-order chi connectivity index (χ0) is 32.0. The summed E-state index contributed by atoms with van der Waals surface area (Å²) in [5.41, 5.74) is 3.88. The van der Waals surface area contributed by atoms with Crippen molar-refractivity contribution in [2.75, 3.05) is 26.3 Å². The molecular formula is C34H29F2N5O5. The first-order valence-electron chi connectivity index (χ1n) is 14.5. The van der Waals surface area contributed by atoms with Crippen molar-refractivity contribution >= 4 is 0 Å². The van der Waals surface area contributed by atoms with Crippen LogP contribution in [0.25, 0.3) is 44.8 Å². The summed E-state index contributed by atoms with van der Waals surface area (Å²) < 4.78 is 43.9. The predicted octanol–water partition coefficient (Wildman–Crippen LogP) is 6.00. The fourth-order valence-electron chi connectivity index (χ4n) is 5.30. The molecule has 10 nitrogen and oxygen atoms in total. The van der Waals surface area contributed by atoms with Crippen LogP contribution in [-0.2, 0) is 4.74 Å². The van der Waals surface area contributed by atoms with Crippen molar-refractivity contribution in [3.05, 3.63) is 130 Å². The summed E-state index contributed by atoms with van der Waals surface area (Å²) in [6.07, 6.45) is 6.42. The van der Waals surface area contributed by atoms with Crippen molar-refractivity contribution in [2.45, 2.75) is 13.1 Å². The van der Waals surface area contributed by atoms with Crippen LogP contribution >= 0.6 is 0 Å². The van der Waals surface area contributed by atoms with E-state index in [-0.39, 0.29) is 17.8 Å². The largest absolute Gasteiger partial charge is 0.379 e. The second-order valence-corrected chi connectivity index (χ2v) is 10.4. The van der Waals surface area contributed by atoms with E-state index in [1.54, 1.807) is 65.9 Å². The van der Waals surface area contributed by atoms with E-state index in [4.69, 9.17) is 13.8 Å². The Balaban J connectivity index is 0.000000172. The molecule has 5 heterocycles. The first-order valence-corrected chi connectivity index (χ1v) is 14.5. The molecule has 1 unspecified atom stereocenters. The molecule has 2 aromatic carbocycles. The van der Waals surface area contributed by atoms with Crippen LogP contribution in [0.4, 0.5) is 8.78 Å². The van der Waals surface area contributed by atoms with Gasteiger partial charge < -0.3 is 13.8 Å². The van der Waals surface area contributed by atoms with Crippen molar-refractivity contribution in [2.24, 2.45) is 0 Å². The van der Waals surface area contributed by atoms with Gasteiger partial charge in [-0.3, -0.25) is 14.9 Å². The number of benzene rings is 2. The highest BCUT2D eigenvalue weighted by molar-refractivity contribution is 5.80.